The van der Waals surface area contributed by atoms with Crippen LogP contribution >= 0.6 is 0 Å². The second-order valence-electron chi connectivity index (χ2n) is 4.43. The Morgan fingerprint density at radius 3 is 2.80 bits per heavy atom. The minimum absolute atomic E-state index is 0.00192. The molecule has 0 aliphatic carbocycles. The monoisotopic (exact) mass is 273 g/mol. The van der Waals surface area contributed by atoms with Gasteiger partial charge in [0.2, 0.25) is 11.8 Å². The zero-order chi connectivity index (χ0) is 15.0. The van der Waals surface area contributed by atoms with Crippen molar-refractivity contribution in [1.29, 1.82) is 0 Å². The predicted octanol–water partition coefficient (Wildman–Crippen LogP) is 0.826. The van der Waals surface area contributed by atoms with Gasteiger partial charge in [-0.15, -0.1) is 6.42 Å². The molecule has 2 N–H and O–H groups in total. The fourth-order valence-electron chi connectivity index (χ4n) is 1.59. The number of rotatable bonds is 6. The van der Waals surface area contributed by atoms with Gasteiger partial charge in [-0.1, -0.05) is 18.1 Å². The first-order chi connectivity index (χ1) is 9.52. The summed E-state index contributed by atoms with van der Waals surface area (Å²) in [7, 11) is 1.73. The smallest absolute Gasteiger partial charge is 0.238 e. The SMILES string of the molecule is C#CCNCC(=O)Nc1cccc(CN(C)C(C)=O)c1. The van der Waals surface area contributed by atoms with Crippen LogP contribution in [0.1, 0.15) is 12.5 Å². The lowest BCUT2D eigenvalue weighted by atomic mass is 10.2. The second-order valence-corrected chi connectivity index (χ2v) is 4.43. The number of carbonyl (C=O) groups is 2. The Balaban J connectivity index is 2.57. The van der Waals surface area contributed by atoms with Crippen molar-refractivity contribution >= 4 is 17.5 Å². The third-order valence-electron chi connectivity index (χ3n) is 2.68. The minimum Gasteiger partial charge on any atom is -0.342 e. The Bertz CT molecular complexity index is 520. The van der Waals surface area contributed by atoms with Gasteiger partial charge >= 0.3 is 0 Å². The van der Waals surface area contributed by atoms with Gasteiger partial charge in [-0.3, -0.25) is 14.9 Å². The molecule has 0 atom stereocenters. The Labute approximate surface area is 119 Å². The molecular formula is C15H19N3O2. The zero-order valence-corrected chi connectivity index (χ0v) is 11.8. The highest BCUT2D eigenvalue weighted by molar-refractivity contribution is 5.92. The molecule has 0 heterocycles. The van der Waals surface area contributed by atoms with Crippen molar-refractivity contribution in [2.45, 2.75) is 13.5 Å². The molecule has 0 aromatic heterocycles. The van der Waals surface area contributed by atoms with Crippen LogP contribution in [0.2, 0.25) is 0 Å². The number of amides is 2. The van der Waals surface area contributed by atoms with Gasteiger partial charge in [0.25, 0.3) is 0 Å². The predicted molar refractivity (Wildman–Crippen MR) is 78.9 cm³/mol. The molecule has 0 spiro atoms. The molecule has 1 rings (SSSR count). The Morgan fingerprint density at radius 2 is 2.15 bits per heavy atom. The van der Waals surface area contributed by atoms with Gasteiger partial charge < -0.3 is 10.2 Å². The average Bonchev–Trinajstić information content (AvgIpc) is 2.39. The van der Waals surface area contributed by atoms with Crippen LogP contribution in [-0.4, -0.2) is 36.9 Å². The van der Waals surface area contributed by atoms with Crippen LogP contribution in [-0.2, 0) is 16.1 Å². The van der Waals surface area contributed by atoms with E-state index in [-0.39, 0.29) is 18.4 Å². The first-order valence-electron chi connectivity index (χ1n) is 6.27. The number of benzene rings is 1. The largest absolute Gasteiger partial charge is 0.342 e. The molecule has 0 radical (unpaired) electrons. The Hall–Kier alpha value is -2.32. The molecule has 0 bridgehead atoms. The van der Waals surface area contributed by atoms with Crippen molar-refractivity contribution in [2.75, 3.05) is 25.5 Å². The van der Waals surface area contributed by atoms with Gasteiger partial charge in [0, 0.05) is 26.2 Å². The molecule has 0 fully saturated rings. The van der Waals surface area contributed by atoms with E-state index in [4.69, 9.17) is 6.42 Å². The third kappa shape index (κ3) is 5.55. The minimum atomic E-state index is -0.155. The lowest BCUT2D eigenvalue weighted by Gasteiger charge is -2.15. The number of hydrogen-bond donors (Lipinski definition) is 2. The molecule has 106 valence electrons. The molecule has 1 aromatic rings. The van der Waals surface area contributed by atoms with Gasteiger partial charge in [-0.2, -0.15) is 0 Å². The highest BCUT2D eigenvalue weighted by Gasteiger charge is 2.05. The summed E-state index contributed by atoms with van der Waals surface area (Å²) in [6.07, 6.45) is 5.08. The summed E-state index contributed by atoms with van der Waals surface area (Å²) in [5.41, 5.74) is 1.66. The lowest BCUT2D eigenvalue weighted by Crippen LogP contribution is -2.28. The normalized spacial score (nSPS) is 9.65. The molecule has 0 saturated heterocycles. The number of anilines is 1. The number of hydrogen-bond acceptors (Lipinski definition) is 3. The van der Waals surface area contributed by atoms with Crippen LogP contribution < -0.4 is 10.6 Å². The highest BCUT2D eigenvalue weighted by atomic mass is 16.2. The first-order valence-corrected chi connectivity index (χ1v) is 6.27. The number of nitrogens with zero attached hydrogens (tertiary/aromatic N) is 1. The van der Waals surface area contributed by atoms with E-state index >= 15 is 0 Å². The van der Waals surface area contributed by atoms with E-state index in [1.165, 1.54) is 6.92 Å². The molecule has 1 aromatic carbocycles. The van der Waals surface area contributed by atoms with E-state index in [2.05, 4.69) is 16.6 Å². The molecule has 0 aliphatic heterocycles. The van der Waals surface area contributed by atoms with Crippen molar-refractivity contribution in [3.8, 4) is 12.3 Å². The summed E-state index contributed by atoms with van der Waals surface area (Å²) in [5.74, 6) is 2.24. The molecule has 0 unspecified atom stereocenters. The van der Waals surface area contributed by atoms with Crippen LogP contribution in [0.4, 0.5) is 5.69 Å². The van der Waals surface area contributed by atoms with Crippen molar-refractivity contribution in [3.05, 3.63) is 29.8 Å². The first kappa shape index (κ1) is 15.7. The summed E-state index contributed by atoms with van der Waals surface area (Å²) in [6, 6.07) is 7.40. The quantitative estimate of drug-likeness (QED) is 0.596. The fraction of sp³-hybridized carbons (Fsp3) is 0.333. The van der Waals surface area contributed by atoms with Crippen LogP contribution in [0.3, 0.4) is 0 Å². The fourth-order valence-corrected chi connectivity index (χ4v) is 1.59. The van der Waals surface area contributed by atoms with Gasteiger partial charge in [0.15, 0.2) is 0 Å². The van der Waals surface area contributed by atoms with Gasteiger partial charge in [-0.25, -0.2) is 0 Å². The molecule has 5 nitrogen and oxygen atoms in total. The molecule has 5 heteroatoms. The summed E-state index contributed by atoms with van der Waals surface area (Å²) in [6.45, 7) is 2.55. The number of nitrogens with one attached hydrogen (secondary N) is 2. The van der Waals surface area contributed by atoms with Crippen LogP contribution in [0.5, 0.6) is 0 Å². The molecule has 0 aliphatic rings. The maximum atomic E-state index is 11.6. The summed E-state index contributed by atoms with van der Waals surface area (Å²) < 4.78 is 0. The van der Waals surface area contributed by atoms with Crippen molar-refractivity contribution < 1.29 is 9.59 Å². The third-order valence-corrected chi connectivity index (χ3v) is 2.68. The van der Waals surface area contributed by atoms with Gasteiger partial charge in [0.1, 0.15) is 0 Å². The van der Waals surface area contributed by atoms with Crippen molar-refractivity contribution in [1.82, 2.24) is 10.2 Å². The maximum Gasteiger partial charge on any atom is 0.238 e. The lowest BCUT2D eigenvalue weighted by molar-refractivity contribution is -0.128. The molecule has 0 saturated carbocycles. The van der Waals surface area contributed by atoms with E-state index < -0.39 is 0 Å². The van der Waals surface area contributed by atoms with Crippen LogP contribution in [0, 0.1) is 12.3 Å². The van der Waals surface area contributed by atoms with Crippen LogP contribution in [0.15, 0.2) is 24.3 Å². The van der Waals surface area contributed by atoms with E-state index in [1.54, 1.807) is 18.0 Å². The van der Waals surface area contributed by atoms with E-state index in [0.717, 1.165) is 5.56 Å². The summed E-state index contributed by atoms with van der Waals surface area (Å²) >= 11 is 0. The van der Waals surface area contributed by atoms with E-state index in [9.17, 15) is 9.59 Å². The van der Waals surface area contributed by atoms with Crippen LogP contribution in [0.25, 0.3) is 0 Å². The number of carbonyl (C=O) groups excluding carboxylic acids is 2. The Morgan fingerprint density at radius 1 is 1.40 bits per heavy atom. The maximum absolute atomic E-state index is 11.6. The van der Waals surface area contributed by atoms with Gasteiger partial charge in [-0.05, 0) is 17.7 Å². The Kier molecular flexibility index (Phi) is 6.27. The zero-order valence-electron chi connectivity index (χ0n) is 11.8. The van der Waals surface area contributed by atoms with E-state index in [1.807, 2.05) is 18.2 Å². The molecular weight excluding hydrogens is 254 g/mol. The standard InChI is InChI=1S/C15H19N3O2/c1-4-8-16-10-15(20)17-14-7-5-6-13(9-14)11-18(3)12(2)19/h1,5-7,9,16H,8,10-11H2,2-3H3,(H,17,20). The van der Waals surface area contributed by atoms with E-state index in [0.29, 0.717) is 18.8 Å². The summed E-state index contributed by atoms with van der Waals surface area (Å²) in [4.78, 5) is 24.4. The average molecular weight is 273 g/mol. The van der Waals surface area contributed by atoms with Gasteiger partial charge in [0.05, 0.1) is 13.1 Å². The second kappa shape index (κ2) is 7.97. The van der Waals surface area contributed by atoms with Crippen molar-refractivity contribution in [2.24, 2.45) is 0 Å². The topological polar surface area (TPSA) is 61.4 Å². The molecule has 2 amide bonds. The van der Waals surface area contributed by atoms with Crippen molar-refractivity contribution in [3.63, 3.8) is 0 Å². The highest BCUT2D eigenvalue weighted by Crippen LogP contribution is 2.12. The molecule has 20 heavy (non-hydrogen) atoms. The number of terminal acetylenes is 1. The summed E-state index contributed by atoms with van der Waals surface area (Å²) in [5, 5.41) is 5.59.